The van der Waals surface area contributed by atoms with E-state index in [1.54, 1.807) is 0 Å². The van der Waals surface area contributed by atoms with Crippen molar-refractivity contribution in [3.8, 4) is 0 Å². The second-order valence-corrected chi connectivity index (χ2v) is 22.7. The Morgan fingerprint density at radius 1 is 0.222 bits per heavy atom. The number of pyridine rings is 3. The monoisotopic (exact) mass is 1170 g/mol. The van der Waals surface area contributed by atoms with Crippen LogP contribution in [0.1, 0.15) is 58.3 Å². The average Bonchev–Trinajstić information content (AvgIpc) is 1.16. The highest BCUT2D eigenvalue weighted by atomic mass is 15.3. The zero-order chi connectivity index (χ0) is 60.5. The highest BCUT2D eigenvalue weighted by Crippen LogP contribution is 2.44. The number of para-hydroxylation sites is 6. The number of anilines is 12. The summed E-state index contributed by atoms with van der Waals surface area (Å²) in [4.78, 5) is 26.4. The van der Waals surface area contributed by atoms with Crippen molar-refractivity contribution < 1.29 is 0 Å². The first-order valence-electron chi connectivity index (χ1n) is 31.3. The Balaban J connectivity index is 0.983. The molecule has 10 aromatic carbocycles. The molecule has 0 fully saturated rings. The standard InChI is InChI=1S/C83H71N7/c1-11-32-64(33-12-1)54-56-68(66-36-15-3-16-37-66)58-70-60-78(62-82(84-70)87(72-40-19-5-20-41-72)73-42-21-6-22-43-73)89(76-48-27-9-28-49-76)80-52-31-53-81(86-80)90(77-50-29-10-30-51-77)79-61-71(59-69(67-38-17-4-18-39-67)57-55-65-34-13-2-14-35-65)85-83(63-79)88(74-44-23-7-24-45-74)75-46-25-8-26-47-75/h1-53,60-63,68-69H,54-59H2. The molecule has 3 heterocycles. The van der Waals surface area contributed by atoms with E-state index in [2.05, 4.69) is 365 Å². The molecular weight excluding hydrogens is 1090 g/mol. The molecule has 0 saturated carbocycles. The summed E-state index contributed by atoms with van der Waals surface area (Å²) in [6.45, 7) is 0. The Morgan fingerprint density at radius 3 is 0.767 bits per heavy atom. The smallest absolute Gasteiger partial charge is 0.140 e. The topological polar surface area (TPSA) is 51.6 Å². The van der Waals surface area contributed by atoms with Crippen LogP contribution in [0.5, 0.6) is 0 Å². The minimum Gasteiger partial charge on any atom is -0.295 e. The molecule has 90 heavy (non-hydrogen) atoms. The van der Waals surface area contributed by atoms with Gasteiger partial charge in [-0.15, -0.1) is 0 Å². The van der Waals surface area contributed by atoms with Gasteiger partial charge in [-0.05, 0) is 170 Å². The summed E-state index contributed by atoms with van der Waals surface area (Å²) in [6.07, 6.45) is 5.20. The second kappa shape index (κ2) is 28.6. The number of aryl methyl sites for hydroxylation is 2. The van der Waals surface area contributed by atoms with Gasteiger partial charge in [0.2, 0.25) is 0 Å². The van der Waals surface area contributed by atoms with Crippen LogP contribution in [0, 0.1) is 0 Å². The van der Waals surface area contributed by atoms with Crippen LogP contribution in [0.25, 0.3) is 0 Å². The van der Waals surface area contributed by atoms with E-state index in [0.717, 1.165) is 106 Å². The lowest BCUT2D eigenvalue weighted by atomic mass is 9.88. The molecule has 0 N–H and O–H groups in total. The summed E-state index contributed by atoms with van der Waals surface area (Å²) in [7, 11) is 0. The summed E-state index contributed by atoms with van der Waals surface area (Å²) < 4.78 is 0. The van der Waals surface area contributed by atoms with Crippen molar-refractivity contribution in [1.82, 2.24) is 15.0 Å². The fourth-order valence-corrected chi connectivity index (χ4v) is 12.3. The number of rotatable bonds is 24. The van der Waals surface area contributed by atoms with Crippen molar-refractivity contribution >= 4 is 68.8 Å². The third-order valence-electron chi connectivity index (χ3n) is 16.6. The fourth-order valence-electron chi connectivity index (χ4n) is 12.3. The Hall–Kier alpha value is -11.2. The third kappa shape index (κ3) is 14.1. The molecular formula is C83H71N7. The molecule has 13 aromatic rings. The van der Waals surface area contributed by atoms with Crippen LogP contribution in [0.3, 0.4) is 0 Å². The first kappa shape index (κ1) is 57.9. The lowest BCUT2D eigenvalue weighted by Crippen LogP contribution is -2.19. The highest BCUT2D eigenvalue weighted by molar-refractivity contribution is 5.84. The maximum absolute atomic E-state index is 5.85. The fraction of sp³-hybridized carbons (Fsp3) is 0.0964. The molecule has 438 valence electrons. The van der Waals surface area contributed by atoms with Crippen molar-refractivity contribution in [2.75, 3.05) is 19.6 Å². The van der Waals surface area contributed by atoms with Crippen LogP contribution < -0.4 is 19.6 Å². The first-order chi connectivity index (χ1) is 44.6. The molecule has 7 nitrogen and oxygen atoms in total. The van der Waals surface area contributed by atoms with E-state index in [4.69, 9.17) is 15.0 Å². The highest BCUT2D eigenvalue weighted by Gasteiger charge is 2.26. The Bertz CT molecular complexity index is 3950. The lowest BCUT2D eigenvalue weighted by molar-refractivity contribution is 0.613. The molecule has 0 aliphatic rings. The molecule has 13 rings (SSSR count). The number of nitrogens with zero attached hydrogens (tertiary/aromatic N) is 7. The van der Waals surface area contributed by atoms with Gasteiger partial charge in [0, 0.05) is 57.6 Å². The van der Waals surface area contributed by atoms with Gasteiger partial charge in [0.15, 0.2) is 0 Å². The van der Waals surface area contributed by atoms with Crippen molar-refractivity contribution in [2.45, 2.75) is 50.4 Å². The van der Waals surface area contributed by atoms with Gasteiger partial charge in [0.05, 0.1) is 11.4 Å². The van der Waals surface area contributed by atoms with Crippen LogP contribution in [0.2, 0.25) is 0 Å². The molecule has 0 saturated heterocycles. The van der Waals surface area contributed by atoms with Crippen LogP contribution >= 0.6 is 0 Å². The Morgan fingerprint density at radius 2 is 0.478 bits per heavy atom. The van der Waals surface area contributed by atoms with Gasteiger partial charge in [0.25, 0.3) is 0 Å². The molecule has 0 aliphatic carbocycles. The molecule has 2 unspecified atom stereocenters. The zero-order valence-electron chi connectivity index (χ0n) is 50.4. The van der Waals surface area contributed by atoms with Gasteiger partial charge in [0.1, 0.15) is 23.3 Å². The van der Waals surface area contributed by atoms with Crippen LogP contribution in [0.15, 0.2) is 346 Å². The molecule has 3 aromatic heterocycles. The largest absolute Gasteiger partial charge is 0.295 e. The molecule has 2 atom stereocenters. The van der Waals surface area contributed by atoms with Gasteiger partial charge in [-0.25, -0.2) is 15.0 Å². The molecule has 0 amide bonds. The number of hydrogen-bond donors (Lipinski definition) is 0. The summed E-state index contributed by atoms with van der Waals surface area (Å²) in [5.41, 5.74) is 15.0. The molecule has 0 spiro atoms. The summed E-state index contributed by atoms with van der Waals surface area (Å²) in [6, 6.07) is 123. The van der Waals surface area contributed by atoms with Crippen LogP contribution in [0.4, 0.5) is 68.8 Å². The van der Waals surface area contributed by atoms with E-state index < -0.39 is 0 Å². The number of hydrogen-bond acceptors (Lipinski definition) is 7. The summed E-state index contributed by atoms with van der Waals surface area (Å²) in [5, 5.41) is 0. The molecule has 0 bridgehead atoms. The Labute approximate surface area is 530 Å². The summed E-state index contributed by atoms with van der Waals surface area (Å²) >= 11 is 0. The lowest BCUT2D eigenvalue weighted by Gasteiger charge is -2.31. The Kier molecular flexibility index (Phi) is 18.4. The minimum atomic E-state index is 0.177. The van der Waals surface area contributed by atoms with Gasteiger partial charge < -0.3 is 0 Å². The quantitative estimate of drug-likeness (QED) is 0.0597. The van der Waals surface area contributed by atoms with E-state index in [-0.39, 0.29) is 11.8 Å². The summed E-state index contributed by atoms with van der Waals surface area (Å²) in [5.74, 6) is 3.44. The second-order valence-electron chi connectivity index (χ2n) is 22.7. The van der Waals surface area contributed by atoms with E-state index in [9.17, 15) is 0 Å². The van der Waals surface area contributed by atoms with E-state index in [1.807, 2.05) is 0 Å². The minimum absolute atomic E-state index is 0.177. The van der Waals surface area contributed by atoms with E-state index in [0.29, 0.717) is 12.8 Å². The maximum Gasteiger partial charge on any atom is 0.140 e. The van der Waals surface area contributed by atoms with Crippen LogP contribution in [-0.2, 0) is 25.7 Å². The SMILES string of the molecule is c1ccc(CCC(Cc2cc(N(c3ccccc3)c3cccc(N(c4ccccc4)c4cc(CC(CCc5ccccc5)c5ccccc5)nc(N(c5ccccc5)c5ccccc5)c4)n3)cc(N(c3ccccc3)c3ccccc3)n2)c2ccccc2)cc1. The number of aromatic nitrogens is 3. The predicted octanol–water partition coefficient (Wildman–Crippen LogP) is 21.7. The van der Waals surface area contributed by atoms with Crippen molar-refractivity contribution in [3.05, 3.63) is 379 Å². The van der Waals surface area contributed by atoms with Crippen molar-refractivity contribution in [2.24, 2.45) is 0 Å². The van der Waals surface area contributed by atoms with Crippen molar-refractivity contribution in [3.63, 3.8) is 0 Å². The first-order valence-corrected chi connectivity index (χ1v) is 31.3. The zero-order valence-corrected chi connectivity index (χ0v) is 50.4. The normalized spacial score (nSPS) is 11.7. The van der Waals surface area contributed by atoms with Gasteiger partial charge in [-0.2, -0.15) is 0 Å². The maximum atomic E-state index is 5.85. The van der Waals surface area contributed by atoms with Crippen LogP contribution in [-0.4, -0.2) is 15.0 Å². The third-order valence-corrected chi connectivity index (χ3v) is 16.6. The van der Waals surface area contributed by atoms with Gasteiger partial charge in [-0.3, -0.25) is 19.6 Å². The average molecular weight is 1170 g/mol. The number of benzene rings is 10. The van der Waals surface area contributed by atoms with E-state index in [1.165, 1.54) is 22.3 Å². The van der Waals surface area contributed by atoms with Gasteiger partial charge >= 0.3 is 0 Å². The molecule has 0 aliphatic heterocycles. The van der Waals surface area contributed by atoms with E-state index >= 15 is 0 Å². The predicted molar refractivity (Wildman–Crippen MR) is 374 cm³/mol. The van der Waals surface area contributed by atoms with Crippen molar-refractivity contribution in [1.29, 1.82) is 0 Å². The molecule has 7 heteroatoms. The van der Waals surface area contributed by atoms with Gasteiger partial charge in [-0.1, -0.05) is 237 Å². The molecule has 0 radical (unpaired) electrons.